The fourth-order valence-corrected chi connectivity index (χ4v) is 4.67. The van der Waals surface area contributed by atoms with Crippen LogP contribution < -0.4 is 0 Å². The first kappa shape index (κ1) is 20.3. The molecule has 6 rings (SSSR count). The second-order valence-corrected chi connectivity index (χ2v) is 8.41. The van der Waals surface area contributed by atoms with Gasteiger partial charge >= 0.3 is 0 Å². The van der Waals surface area contributed by atoms with Gasteiger partial charge in [-0.1, -0.05) is 36.4 Å². The van der Waals surface area contributed by atoms with Crippen molar-refractivity contribution in [1.82, 2.24) is 34.3 Å². The molecule has 0 unspecified atom stereocenters. The Morgan fingerprint density at radius 3 is 2.59 bits per heavy atom. The van der Waals surface area contributed by atoms with Crippen LogP contribution in [0.15, 0.2) is 85.5 Å². The van der Waals surface area contributed by atoms with Crippen LogP contribution >= 0.6 is 0 Å². The van der Waals surface area contributed by atoms with Crippen molar-refractivity contribution in [3.8, 4) is 22.8 Å². The predicted octanol–water partition coefficient (Wildman–Crippen LogP) is 3.96. The molecular formula is C26H23N7O. The molecule has 0 aliphatic carbocycles. The SMILES string of the molecule is O=C(c1c(-c2ncccn2)nn2ccccc12)N1CCC[C@H]1Cn1ccc(-c2ccccc2)n1. The summed E-state index contributed by atoms with van der Waals surface area (Å²) in [5.74, 6) is 0.409. The summed E-state index contributed by atoms with van der Waals surface area (Å²) in [5, 5.41) is 9.41. The number of rotatable bonds is 5. The fourth-order valence-electron chi connectivity index (χ4n) is 4.67. The maximum Gasteiger partial charge on any atom is 0.258 e. The molecule has 1 saturated heterocycles. The molecule has 1 aliphatic heterocycles. The molecule has 1 amide bonds. The van der Waals surface area contributed by atoms with E-state index in [0.717, 1.165) is 29.6 Å². The van der Waals surface area contributed by atoms with Gasteiger partial charge in [0.25, 0.3) is 5.91 Å². The van der Waals surface area contributed by atoms with E-state index in [2.05, 4.69) is 27.2 Å². The van der Waals surface area contributed by atoms with E-state index in [-0.39, 0.29) is 11.9 Å². The quantitative estimate of drug-likeness (QED) is 0.406. The van der Waals surface area contributed by atoms with Crippen LogP contribution in [-0.4, -0.2) is 52.8 Å². The molecule has 1 aliphatic rings. The van der Waals surface area contributed by atoms with E-state index < -0.39 is 0 Å². The molecule has 34 heavy (non-hydrogen) atoms. The number of carbonyl (C=O) groups is 1. The summed E-state index contributed by atoms with van der Waals surface area (Å²) in [6.07, 6.45) is 9.06. The lowest BCUT2D eigenvalue weighted by molar-refractivity contribution is 0.0724. The van der Waals surface area contributed by atoms with Gasteiger partial charge in [0.15, 0.2) is 5.82 Å². The Hall–Kier alpha value is -4.33. The van der Waals surface area contributed by atoms with Crippen LogP contribution in [-0.2, 0) is 6.54 Å². The van der Waals surface area contributed by atoms with Gasteiger partial charge in [0.2, 0.25) is 0 Å². The first-order valence-corrected chi connectivity index (χ1v) is 11.4. The average Bonchev–Trinajstić information content (AvgIpc) is 3.64. The largest absolute Gasteiger partial charge is 0.334 e. The Balaban J connectivity index is 1.32. The molecule has 0 bridgehead atoms. The van der Waals surface area contributed by atoms with Gasteiger partial charge < -0.3 is 4.90 Å². The Morgan fingerprint density at radius 2 is 1.74 bits per heavy atom. The number of fused-ring (bicyclic) bond motifs is 1. The van der Waals surface area contributed by atoms with Crippen LogP contribution in [0, 0.1) is 0 Å². The molecule has 0 saturated carbocycles. The van der Waals surface area contributed by atoms with Gasteiger partial charge in [-0.3, -0.25) is 9.48 Å². The Kier molecular flexibility index (Phi) is 5.10. The first-order chi connectivity index (χ1) is 16.8. The zero-order valence-corrected chi connectivity index (χ0v) is 18.5. The average molecular weight is 450 g/mol. The van der Waals surface area contributed by atoms with Crippen molar-refractivity contribution < 1.29 is 4.79 Å². The number of hydrogen-bond acceptors (Lipinski definition) is 5. The molecule has 0 N–H and O–H groups in total. The predicted molar refractivity (Wildman–Crippen MR) is 128 cm³/mol. The van der Waals surface area contributed by atoms with E-state index in [4.69, 9.17) is 5.10 Å². The van der Waals surface area contributed by atoms with E-state index in [1.807, 2.05) is 64.4 Å². The molecule has 1 atom stereocenters. The molecule has 8 nitrogen and oxygen atoms in total. The molecule has 0 spiro atoms. The van der Waals surface area contributed by atoms with E-state index in [1.165, 1.54) is 0 Å². The van der Waals surface area contributed by atoms with E-state index >= 15 is 0 Å². The van der Waals surface area contributed by atoms with Crippen molar-refractivity contribution >= 4 is 11.4 Å². The molecule has 168 valence electrons. The van der Waals surface area contributed by atoms with Crippen LogP contribution in [0.3, 0.4) is 0 Å². The Labute approximate surface area is 196 Å². The van der Waals surface area contributed by atoms with E-state index in [1.54, 1.807) is 23.0 Å². The van der Waals surface area contributed by atoms with Crippen LogP contribution in [0.1, 0.15) is 23.2 Å². The van der Waals surface area contributed by atoms with Crippen molar-refractivity contribution in [2.45, 2.75) is 25.4 Å². The monoisotopic (exact) mass is 449 g/mol. The number of hydrogen-bond donors (Lipinski definition) is 0. The van der Waals surface area contributed by atoms with Crippen molar-refractivity contribution in [2.75, 3.05) is 6.54 Å². The van der Waals surface area contributed by atoms with Crippen LogP contribution in [0.5, 0.6) is 0 Å². The standard InChI is InChI=1S/C26H23N7O/c34-26(23-22-11-4-5-16-33(22)30-24(23)25-27-13-7-14-28-25)32-15-6-10-20(32)18-31-17-12-21(29-31)19-8-2-1-3-9-19/h1-5,7-9,11-14,16-17,20H,6,10,15,18H2/t20-/m0/s1. The highest BCUT2D eigenvalue weighted by Gasteiger charge is 2.34. The maximum atomic E-state index is 13.9. The van der Waals surface area contributed by atoms with Crippen molar-refractivity contribution in [3.05, 3.63) is 91.0 Å². The summed E-state index contributed by atoms with van der Waals surface area (Å²) in [6.45, 7) is 1.35. The van der Waals surface area contributed by atoms with Crippen molar-refractivity contribution in [1.29, 1.82) is 0 Å². The van der Waals surface area contributed by atoms with Gasteiger partial charge in [-0.15, -0.1) is 0 Å². The van der Waals surface area contributed by atoms with Gasteiger partial charge in [-0.2, -0.15) is 10.2 Å². The van der Waals surface area contributed by atoms with Gasteiger partial charge in [-0.25, -0.2) is 14.5 Å². The highest BCUT2D eigenvalue weighted by atomic mass is 16.2. The van der Waals surface area contributed by atoms with E-state index in [0.29, 0.717) is 30.2 Å². The number of benzene rings is 1. The number of likely N-dealkylation sites (tertiary alicyclic amines) is 1. The maximum absolute atomic E-state index is 13.9. The zero-order chi connectivity index (χ0) is 22.9. The number of nitrogens with zero attached hydrogens (tertiary/aromatic N) is 7. The lowest BCUT2D eigenvalue weighted by Crippen LogP contribution is -2.38. The number of aromatic nitrogens is 6. The van der Waals surface area contributed by atoms with Crippen molar-refractivity contribution in [2.24, 2.45) is 0 Å². The minimum atomic E-state index is -0.0402. The molecule has 5 heterocycles. The smallest absolute Gasteiger partial charge is 0.258 e. The van der Waals surface area contributed by atoms with Crippen LogP contribution in [0.4, 0.5) is 0 Å². The summed E-state index contributed by atoms with van der Waals surface area (Å²) in [5.41, 5.74) is 3.82. The van der Waals surface area contributed by atoms with Crippen LogP contribution in [0.25, 0.3) is 28.3 Å². The molecular weight excluding hydrogens is 426 g/mol. The van der Waals surface area contributed by atoms with E-state index in [9.17, 15) is 4.79 Å². The molecule has 4 aromatic heterocycles. The minimum absolute atomic E-state index is 0.0402. The number of carbonyl (C=O) groups excluding carboxylic acids is 1. The molecule has 0 radical (unpaired) electrons. The highest BCUT2D eigenvalue weighted by Crippen LogP contribution is 2.29. The summed E-state index contributed by atoms with van der Waals surface area (Å²) >= 11 is 0. The molecule has 8 heteroatoms. The van der Waals surface area contributed by atoms with Gasteiger partial charge in [0.05, 0.1) is 29.4 Å². The lowest BCUT2D eigenvalue weighted by atomic mass is 10.1. The summed E-state index contributed by atoms with van der Waals surface area (Å²) in [4.78, 5) is 24.6. The van der Waals surface area contributed by atoms with Crippen LogP contribution in [0.2, 0.25) is 0 Å². The first-order valence-electron chi connectivity index (χ1n) is 11.4. The number of amides is 1. The fraction of sp³-hybridized carbons (Fsp3) is 0.192. The number of pyridine rings is 1. The third-order valence-electron chi connectivity index (χ3n) is 6.28. The summed E-state index contributed by atoms with van der Waals surface area (Å²) < 4.78 is 3.67. The van der Waals surface area contributed by atoms with Gasteiger partial charge in [0.1, 0.15) is 5.69 Å². The second-order valence-electron chi connectivity index (χ2n) is 8.41. The Bertz CT molecular complexity index is 1440. The molecule has 1 fully saturated rings. The summed E-state index contributed by atoms with van der Waals surface area (Å²) in [6, 6.07) is 19.7. The highest BCUT2D eigenvalue weighted by molar-refractivity contribution is 6.06. The second kappa shape index (κ2) is 8.55. The van der Waals surface area contributed by atoms with Gasteiger partial charge in [0, 0.05) is 36.9 Å². The normalized spacial score (nSPS) is 15.8. The summed E-state index contributed by atoms with van der Waals surface area (Å²) in [7, 11) is 0. The minimum Gasteiger partial charge on any atom is -0.334 e. The third-order valence-corrected chi connectivity index (χ3v) is 6.28. The van der Waals surface area contributed by atoms with Crippen molar-refractivity contribution in [3.63, 3.8) is 0 Å². The third kappa shape index (κ3) is 3.63. The molecule has 1 aromatic carbocycles. The Morgan fingerprint density at radius 1 is 0.912 bits per heavy atom. The molecule has 5 aromatic rings. The zero-order valence-electron chi connectivity index (χ0n) is 18.5. The lowest BCUT2D eigenvalue weighted by Gasteiger charge is -2.25. The topological polar surface area (TPSA) is 81.2 Å². The van der Waals surface area contributed by atoms with Gasteiger partial charge in [-0.05, 0) is 37.1 Å².